The van der Waals surface area contributed by atoms with E-state index in [0.29, 0.717) is 11.1 Å². The lowest BCUT2D eigenvalue weighted by Crippen LogP contribution is -2.36. The Bertz CT molecular complexity index is 684. The smallest absolute Gasteiger partial charge is 0.315 e. The largest absolute Gasteiger partial charge is 0.338 e. The predicted molar refractivity (Wildman–Crippen MR) is 86.8 cm³/mol. The van der Waals surface area contributed by atoms with E-state index in [2.05, 4.69) is 10.6 Å². The second-order valence-corrected chi connectivity index (χ2v) is 5.24. The summed E-state index contributed by atoms with van der Waals surface area (Å²) < 4.78 is 13.4. The van der Waals surface area contributed by atoms with Gasteiger partial charge in [-0.3, -0.25) is 4.79 Å². The zero-order valence-electron chi connectivity index (χ0n) is 12.9. The number of rotatable bonds is 6. The Hall–Kier alpha value is -2.69. The summed E-state index contributed by atoms with van der Waals surface area (Å²) in [6.07, 6.45) is 0.218. The fourth-order valence-electron chi connectivity index (χ4n) is 2.05. The van der Waals surface area contributed by atoms with Gasteiger partial charge in [0.15, 0.2) is 5.78 Å². The van der Waals surface area contributed by atoms with Gasteiger partial charge in [0.05, 0.1) is 0 Å². The topological polar surface area (TPSA) is 58.2 Å². The standard InChI is InChI=1S/C18H19FN2O2/c1-13-6-8-14(9-7-13)17(22)10-11-20-18(23)21-12-15-4-2-3-5-16(15)19/h2-9H,10-12H2,1H3,(H2,20,21,23). The normalized spacial score (nSPS) is 10.2. The summed E-state index contributed by atoms with van der Waals surface area (Å²) in [7, 11) is 0. The van der Waals surface area contributed by atoms with Crippen LogP contribution >= 0.6 is 0 Å². The summed E-state index contributed by atoms with van der Waals surface area (Å²) in [5, 5.41) is 5.15. The van der Waals surface area contributed by atoms with Gasteiger partial charge in [0.25, 0.3) is 0 Å². The molecule has 0 atom stereocenters. The summed E-state index contributed by atoms with van der Waals surface area (Å²) in [5.41, 5.74) is 2.13. The van der Waals surface area contributed by atoms with Crippen molar-refractivity contribution < 1.29 is 14.0 Å². The van der Waals surface area contributed by atoms with Crippen LogP contribution in [0.2, 0.25) is 0 Å². The zero-order chi connectivity index (χ0) is 16.7. The molecule has 0 saturated carbocycles. The number of carbonyl (C=O) groups is 2. The number of halogens is 1. The molecule has 2 amide bonds. The molecule has 2 rings (SSSR count). The first kappa shape index (κ1) is 16.7. The third-order valence-electron chi connectivity index (χ3n) is 3.41. The van der Waals surface area contributed by atoms with Gasteiger partial charge in [-0.05, 0) is 13.0 Å². The van der Waals surface area contributed by atoms with Gasteiger partial charge in [-0.15, -0.1) is 0 Å². The van der Waals surface area contributed by atoms with Crippen LogP contribution in [0.1, 0.15) is 27.9 Å². The van der Waals surface area contributed by atoms with Crippen molar-refractivity contribution in [1.29, 1.82) is 0 Å². The number of benzene rings is 2. The van der Waals surface area contributed by atoms with E-state index >= 15 is 0 Å². The molecule has 0 heterocycles. The second-order valence-electron chi connectivity index (χ2n) is 5.24. The molecule has 0 bridgehead atoms. The Morgan fingerprint density at radius 2 is 1.70 bits per heavy atom. The van der Waals surface area contributed by atoms with Crippen molar-refractivity contribution in [3.63, 3.8) is 0 Å². The maximum absolute atomic E-state index is 13.4. The van der Waals surface area contributed by atoms with E-state index in [0.717, 1.165) is 5.56 Å². The minimum absolute atomic E-state index is 0.0283. The van der Waals surface area contributed by atoms with E-state index in [1.807, 2.05) is 19.1 Å². The van der Waals surface area contributed by atoms with E-state index in [4.69, 9.17) is 0 Å². The Morgan fingerprint density at radius 3 is 2.39 bits per heavy atom. The quantitative estimate of drug-likeness (QED) is 0.804. The Morgan fingerprint density at radius 1 is 1.00 bits per heavy atom. The number of amides is 2. The number of urea groups is 1. The highest BCUT2D eigenvalue weighted by Crippen LogP contribution is 2.06. The molecule has 2 aromatic rings. The molecule has 0 unspecified atom stereocenters. The molecule has 0 aliphatic heterocycles. The predicted octanol–water partition coefficient (Wildman–Crippen LogP) is 3.21. The van der Waals surface area contributed by atoms with Crippen molar-refractivity contribution in [2.45, 2.75) is 19.9 Å². The Balaban J connectivity index is 1.71. The molecule has 2 N–H and O–H groups in total. The van der Waals surface area contributed by atoms with Crippen LogP contribution in [0.25, 0.3) is 0 Å². The van der Waals surface area contributed by atoms with Gasteiger partial charge in [-0.1, -0.05) is 48.0 Å². The van der Waals surface area contributed by atoms with Crippen LogP contribution in [0.15, 0.2) is 48.5 Å². The lowest BCUT2D eigenvalue weighted by Gasteiger charge is -2.08. The highest BCUT2D eigenvalue weighted by Gasteiger charge is 2.07. The van der Waals surface area contributed by atoms with Crippen molar-refractivity contribution in [3.05, 3.63) is 71.0 Å². The lowest BCUT2D eigenvalue weighted by molar-refractivity contribution is 0.0983. The average Bonchev–Trinajstić information content (AvgIpc) is 2.54. The molecule has 0 aliphatic rings. The van der Waals surface area contributed by atoms with Gasteiger partial charge in [0.2, 0.25) is 0 Å². The number of Topliss-reactive ketones (excluding diaryl/α,β-unsaturated/α-hetero) is 1. The van der Waals surface area contributed by atoms with E-state index in [9.17, 15) is 14.0 Å². The molecule has 0 fully saturated rings. The Kier molecular flexibility index (Phi) is 5.86. The van der Waals surface area contributed by atoms with Gasteiger partial charge >= 0.3 is 6.03 Å². The van der Waals surface area contributed by atoms with Crippen LogP contribution < -0.4 is 10.6 Å². The molecule has 23 heavy (non-hydrogen) atoms. The zero-order valence-corrected chi connectivity index (χ0v) is 12.9. The van der Waals surface area contributed by atoms with Crippen LogP contribution in [0.5, 0.6) is 0 Å². The van der Waals surface area contributed by atoms with Crippen LogP contribution in [0, 0.1) is 12.7 Å². The first-order valence-electron chi connectivity index (χ1n) is 7.41. The van der Waals surface area contributed by atoms with E-state index in [1.54, 1.807) is 30.3 Å². The fourth-order valence-corrected chi connectivity index (χ4v) is 2.05. The first-order chi connectivity index (χ1) is 11.1. The first-order valence-corrected chi connectivity index (χ1v) is 7.41. The van der Waals surface area contributed by atoms with Gasteiger partial charge in [-0.2, -0.15) is 0 Å². The highest BCUT2D eigenvalue weighted by molar-refractivity contribution is 5.96. The van der Waals surface area contributed by atoms with Crippen molar-refractivity contribution in [1.82, 2.24) is 10.6 Å². The van der Waals surface area contributed by atoms with Crippen molar-refractivity contribution in [2.24, 2.45) is 0 Å². The van der Waals surface area contributed by atoms with Crippen LogP contribution in [0.4, 0.5) is 9.18 Å². The van der Waals surface area contributed by atoms with E-state index < -0.39 is 6.03 Å². The molecule has 0 aromatic heterocycles. The molecular formula is C18H19FN2O2. The van der Waals surface area contributed by atoms with Crippen molar-refractivity contribution in [2.75, 3.05) is 6.54 Å². The minimum Gasteiger partial charge on any atom is -0.338 e. The van der Waals surface area contributed by atoms with Crippen molar-refractivity contribution in [3.8, 4) is 0 Å². The third kappa shape index (κ3) is 5.21. The SMILES string of the molecule is Cc1ccc(C(=O)CCNC(=O)NCc2ccccc2F)cc1. The van der Waals surface area contributed by atoms with Crippen LogP contribution in [-0.4, -0.2) is 18.4 Å². The molecule has 0 spiro atoms. The fraction of sp³-hybridized carbons (Fsp3) is 0.222. The van der Waals surface area contributed by atoms with Gasteiger partial charge in [-0.25, -0.2) is 9.18 Å². The molecule has 0 aliphatic carbocycles. The number of carbonyl (C=O) groups excluding carboxylic acids is 2. The van der Waals surface area contributed by atoms with E-state index in [1.165, 1.54) is 6.07 Å². The van der Waals surface area contributed by atoms with E-state index in [-0.39, 0.29) is 31.1 Å². The highest BCUT2D eigenvalue weighted by atomic mass is 19.1. The van der Waals surface area contributed by atoms with Gasteiger partial charge in [0.1, 0.15) is 5.82 Å². The molecule has 5 heteroatoms. The monoisotopic (exact) mass is 314 g/mol. The number of nitrogens with one attached hydrogen (secondary N) is 2. The maximum Gasteiger partial charge on any atom is 0.315 e. The molecule has 2 aromatic carbocycles. The molecule has 4 nitrogen and oxygen atoms in total. The summed E-state index contributed by atoms with van der Waals surface area (Å²) in [5.74, 6) is -0.387. The molecule has 0 saturated heterocycles. The maximum atomic E-state index is 13.4. The number of hydrogen-bond acceptors (Lipinski definition) is 2. The number of ketones is 1. The van der Waals surface area contributed by atoms with Gasteiger partial charge in [0, 0.05) is 30.6 Å². The van der Waals surface area contributed by atoms with Crippen molar-refractivity contribution >= 4 is 11.8 Å². The summed E-state index contributed by atoms with van der Waals surface area (Å²) >= 11 is 0. The molecular weight excluding hydrogens is 295 g/mol. The average molecular weight is 314 g/mol. The number of aryl methyl sites for hydroxylation is 1. The van der Waals surface area contributed by atoms with Crippen LogP contribution in [-0.2, 0) is 6.54 Å². The summed E-state index contributed by atoms with van der Waals surface area (Å²) in [6, 6.07) is 13.1. The van der Waals surface area contributed by atoms with Crippen LogP contribution in [0.3, 0.4) is 0 Å². The lowest BCUT2D eigenvalue weighted by atomic mass is 10.1. The minimum atomic E-state index is -0.426. The molecule has 0 radical (unpaired) electrons. The summed E-state index contributed by atoms with van der Waals surface area (Å²) in [4.78, 5) is 23.6. The number of hydrogen-bond donors (Lipinski definition) is 2. The Labute approximate surface area is 134 Å². The third-order valence-corrected chi connectivity index (χ3v) is 3.41. The summed E-state index contributed by atoms with van der Waals surface area (Å²) in [6.45, 7) is 2.29. The second kappa shape index (κ2) is 8.08. The molecule has 120 valence electrons. The van der Waals surface area contributed by atoms with Gasteiger partial charge < -0.3 is 10.6 Å².